The SMILES string of the molecule is C/C=C/CCNCc1ccccc1COC. The molecule has 1 N–H and O–H groups in total. The van der Waals surface area contributed by atoms with E-state index in [0.29, 0.717) is 6.61 Å². The van der Waals surface area contributed by atoms with Gasteiger partial charge in [-0.05, 0) is 31.0 Å². The van der Waals surface area contributed by atoms with Gasteiger partial charge >= 0.3 is 0 Å². The van der Waals surface area contributed by atoms with Gasteiger partial charge in [-0.2, -0.15) is 0 Å². The summed E-state index contributed by atoms with van der Waals surface area (Å²) < 4.78 is 5.17. The molecule has 0 heterocycles. The van der Waals surface area contributed by atoms with Crippen molar-refractivity contribution in [2.45, 2.75) is 26.5 Å². The Morgan fingerprint density at radius 1 is 1.25 bits per heavy atom. The van der Waals surface area contributed by atoms with Crippen molar-refractivity contribution in [3.05, 3.63) is 47.5 Å². The molecule has 0 amide bonds. The molecule has 0 aromatic heterocycles. The van der Waals surface area contributed by atoms with Crippen LogP contribution in [0, 0.1) is 0 Å². The number of nitrogens with one attached hydrogen (secondary N) is 1. The molecule has 0 atom stereocenters. The predicted molar refractivity (Wildman–Crippen MR) is 68.3 cm³/mol. The molecule has 0 fully saturated rings. The van der Waals surface area contributed by atoms with E-state index >= 15 is 0 Å². The Morgan fingerprint density at radius 2 is 2.00 bits per heavy atom. The topological polar surface area (TPSA) is 21.3 Å². The van der Waals surface area contributed by atoms with Crippen molar-refractivity contribution in [3.63, 3.8) is 0 Å². The third kappa shape index (κ3) is 4.60. The van der Waals surface area contributed by atoms with Crippen LogP contribution in [0.15, 0.2) is 36.4 Å². The first kappa shape index (κ1) is 12.9. The lowest BCUT2D eigenvalue weighted by Gasteiger charge is -2.09. The maximum Gasteiger partial charge on any atom is 0.0716 e. The van der Waals surface area contributed by atoms with Gasteiger partial charge in [0.05, 0.1) is 6.61 Å². The van der Waals surface area contributed by atoms with Crippen LogP contribution in [0.3, 0.4) is 0 Å². The Balaban J connectivity index is 2.40. The molecule has 0 unspecified atom stereocenters. The predicted octanol–water partition coefficient (Wildman–Crippen LogP) is 2.89. The minimum atomic E-state index is 0.687. The molecule has 1 rings (SSSR count). The Hall–Kier alpha value is -1.12. The number of allylic oxidation sites excluding steroid dienone is 1. The van der Waals surface area contributed by atoms with Gasteiger partial charge in [0.1, 0.15) is 0 Å². The molecule has 16 heavy (non-hydrogen) atoms. The van der Waals surface area contributed by atoms with E-state index in [4.69, 9.17) is 4.74 Å². The van der Waals surface area contributed by atoms with Crippen molar-refractivity contribution in [1.82, 2.24) is 5.32 Å². The molecule has 0 aliphatic heterocycles. The summed E-state index contributed by atoms with van der Waals surface area (Å²) in [4.78, 5) is 0. The van der Waals surface area contributed by atoms with Crippen LogP contribution < -0.4 is 5.32 Å². The van der Waals surface area contributed by atoms with E-state index < -0.39 is 0 Å². The van der Waals surface area contributed by atoms with E-state index in [1.807, 2.05) is 6.92 Å². The highest BCUT2D eigenvalue weighted by Gasteiger charge is 1.99. The molecule has 0 radical (unpaired) electrons. The third-order valence-corrected chi connectivity index (χ3v) is 2.46. The van der Waals surface area contributed by atoms with E-state index in [-0.39, 0.29) is 0 Å². The molecular formula is C14H21NO. The summed E-state index contributed by atoms with van der Waals surface area (Å²) >= 11 is 0. The second-order valence-corrected chi connectivity index (χ2v) is 3.74. The van der Waals surface area contributed by atoms with Crippen LogP contribution in [-0.4, -0.2) is 13.7 Å². The van der Waals surface area contributed by atoms with Crippen LogP contribution in [0.1, 0.15) is 24.5 Å². The Labute approximate surface area is 98.3 Å². The fourth-order valence-electron chi connectivity index (χ4n) is 1.60. The molecule has 0 aliphatic rings. The number of hydrogen-bond acceptors (Lipinski definition) is 2. The van der Waals surface area contributed by atoms with Gasteiger partial charge in [-0.3, -0.25) is 0 Å². The highest BCUT2D eigenvalue weighted by Crippen LogP contribution is 2.09. The fourth-order valence-corrected chi connectivity index (χ4v) is 1.60. The lowest BCUT2D eigenvalue weighted by Crippen LogP contribution is -2.15. The van der Waals surface area contributed by atoms with Crippen molar-refractivity contribution in [1.29, 1.82) is 0 Å². The van der Waals surface area contributed by atoms with Gasteiger partial charge in [-0.25, -0.2) is 0 Å². The van der Waals surface area contributed by atoms with Crippen LogP contribution in [-0.2, 0) is 17.9 Å². The minimum Gasteiger partial charge on any atom is -0.380 e. The molecule has 2 heteroatoms. The Bertz CT molecular complexity index is 320. The standard InChI is InChI=1S/C14H21NO/c1-3-4-7-10-15-11-13-8-5-6-9-14(13)12-16-2/h3-6,8-9,15H,7,10-12H2,1-2H3/b4-3+. The summed E-state index contributed by atoms with van der Waals surface area (Å²) in [6.45, 7) is 4.67. The number of hydrogen-bond donors (Lipinski definition) is 1. The molecule has 0 saturated carbocycles. The number of methoxy groups -OCH3 is 1. The van der Waals surface area contributed by atoms with Crippen molar-refractivity contribution in [3.8, 4) is 0 Å². The van der Waals surface area contributed by atoms with Gasteiger partial charge in [0, 0.05) is 13.7 Å². The van der Waals surface area contributed by atoms with E-state index in [1.54, 1.807) is 7.11 Å². The number of ether oxygens (including phenoxy) is 1. The fraction of sp³-hybridized carbons (Fsp3) is 0.429. The molecule has 0 aliphatic carbocycles. The zero-order valence-electron chi connectivity index (χ0n) is 10.2. The summed E-state index contributed by atoms with van der Waals surface area (Å²) in [5.41, 5.74) is 2.59. The molecule has 0 saturated heterocycles. The molecule has 1 aromatic rings. The second kappa shape index (κ2) is 8.08. The van der Waals surface area contributed by atoms with Crippen molar-refractivity contribution in [2.24, 2.45) is 0 Å². The van der Waals surface area contributed by atoms with E-state index in [2.05, 4.69) is 41.7 Å². The summed E-state index contributed by atoms with van der Waals surface area (Å²) in [7, 11) is 1.73. The van der Waals surface area contributed by atoms with Gasteiger partial charge in [-0.1, -0.05) is 36.4 Å². The molecule has 0 spiro atoms. The average molecular weight is 219 g/mol. The lowest BCUT2D eigenvalue weighted by molar-refractivity contribution is 0.184. The quantitative estimate of drug-likeness (QED) is 0.562. The zero-order valence-corrected chi connectivity index (χ0v) is 10.2. The largest absolute Gasteiger partial charge is 0.380 e. The Kier molecular flexibility index (Phi) is 6.54. The lowest BCUT2D eigenvalue weighted by atomic mass is 10.1. The molecule has 1 aromatic carbocycles. The van der Waals surface area contributed by atoms with E-state index in [1.165, 1.54) is 11.1 Å². The molecule has 0 bridgehead atoms. The van der Waals surface area contributed by atoms with Gasteiger partial charge in [-0.15, -0.1) is 0 Å². The maximum atomic E-state index is 5.17. The third-order valence-electron chi connectivity index (χ3n) is 2.46. The monoisotopic (exact) mass is 219 g/mol. The van der Waals surface area contributed by atoms with E-state index in [9.17, 15) is 0 Å². The van der Waals surface area contributed by atoms with Crippen LogP contribution >= 0.6 is 0 Å². The van der Waals surface area contributed by atoms with Crippen LogP contribution in [0.2, 0.25) is 0 Å². The van der Waals surface area contributed by atoms with Gasteiger partial charge in [0.2, 0.25) is 0 Å². The molecule has 2 nitrogen and oxygen atoms in total. The highest BCUT2D eigenvalue weighted by atomic mass is 16.5. The van der Waals surface area contributed by atoms with Gasteiger partial charge in [0.25, 0.3) is 0 Å². The van der Waals surface area contributed by atoms with Crippen molar-refractivity contribution >= 4 is 0 Å². The number of rotatable bonds is 7. The summed E-state index contributed by atoms with van der Waals surface area (Å²) in [6, 6.07) is 8.39. The van der Waals surface area contributed by atoms with E-state index in [0.717, 1.165) is 19.5 Å². The normalized spacial score (nSPS) is 11.1. The van der Waals surface area contributed by atoms with Crippen LogP contribution in [0.4, 0.5) is 0 Å². The number of benzene rings is 1. The first-order valence-corrected chi connectivity index (χ1v) is 5.76. The van der Waals surface area contributed by atoms with Gasteiger partial charge in [0.15, 0.2) is 0 Å². The summed E-state index contributed by atoms with van der Waals surface area (Å²) in [6.07, 6.45) is 5.34. The Morgan fingerprint density at radius 3 is 2.69 bits per heavy atom. The first-order chi connectivity index (χ1) is 7.88. The highest BCUT2D eigenvalue weighted by molar-refractivity contribution is 5.26. The maximum absolute atomic E-state index is 5.17. The molecule has 88 valence electrons. The zero-order chi connectivity index (χ0) is 11.6. The second-order valence-electron chi connectivity index (χ2n) is 3.74. The van der Waals surface area contributed by atoms with Crippen LogP contribution in [0.5, 0.6) is 0 Å². The first-order valence-electron chi connectivity index (χ1n) is 5.76. The van der Waals surface area contributed by atoms with Crippen LogP contribution in [0.25, 0.3) is 0 Å². The average Bonchev–Trinajstić information content (AvgIpc) is 2.31. The smallest absolute Gasteiger partial charge is 0.0716 e. The van der Waals surface area contributed by atoms with Crippen molar-refractivity contribution in [2.75, 3.05) is 13.7 Å². The van der Waals surface area contributed by atoms with Gasteiger partial charge < -0.3 is 10.1 Å². The van der Waals surface area contributed by atoms with Crippen molar-refractivity contribution < 1.29 is 4.74 Å². The summed E-state index contributed by atoms with van der Waals surface area (Å²) in [5, 5.41) is 3.43. The summed E-state index contributed by atoms with van der Waals surface area (Å²) in [5.74, 6) is 0. The molecular weight excluding hydrogens is 198 g/mol. The minimum absolute atomic E-state index is 0.687.